The zero-order valence-corrected chi connectivity index (χ0v) is 9.89. The largest absolute Gasteiger partial charge is 0.489 e. The molecule has 0 aliphatic heterocycles. The number of nitrogens with two attached hydrogens (primary N) is 1. The highest BCUT2D eigenvalue weighted by atomic mass is 35.5. The van der Waals surface area contributed by atoms with Gasteiger partial charge in [0.05, 0.1) is 17.4 Å². The first-order chi connectivity index (χ1) is 7.40. The van der Waals surface area contributed by atoms with Crippen LogP contribution in [-0.2, 0) is 10.0 Å². The third-order valence-electron chi connectivity index (χ3n) is 1.74. The maximum atomic E-state index is 13.2. The summed E-state index contributed by atoms with van der Waals surface area (Å²) in [5.41, 5.74) is 0. The Hall–Kier alpha value is -0.850. The second-order valence-corrected chi connectivity index (χ2v) is 5.26. The number of hydrogen-bond donors (Lipinski definition) is 1. The first-order valence-electron chi connectivity index (χ1n) is 4.47. The van der Waals surface area contributed by atoms with Crippen LogP contribution in [0.2, 0.25) is 5.02 Å². The van der Waals surface area contributed by atoms with Crippen LogP contribution in [0.5, 0.6) is 5.75 Å². The van der Waals surface area contributed by atoms with Crippen LogP contribution in [0.25, 0.3) is 0 Å². The van der Waals surface area contributed by atoms with Gasteiger partial charge < -0.3 is 4.74 Å². The molecule has 0 spiro atoms. The van der Waals surface area contributed by atoms with Gasteiger partial charge in [0.15, 0.2) is 11.6 Å². The van der Waals surface area contributed by atoms with E-state index < -0.39 is 15.8 Å². The van der Waals surface area contributed by atoms with E-state index >= 15 is 0 Å². The fourth-order valence-electron chi connectivity index (χ4n) is 1.05. The van der Waals surface area contributed by atoms with Crippen LogP contribution < -0.4 is 9.88 Å². The standard InChI is InChI=1S/C9H11ClFNO3S/c10-7-3-1-4-8(11)9(7)15-5-2-6-16(12,13)14/h1,3-4H,2,5-6H2,(H2,12,13,14). The lowest BCUT2D eigenvalue weighted by molar-refractivity contribution is 0.302. The van der Waals surface area contributed by atoms with Crippen LogP contribution >= 0.6 is 11.6 Å². The summed E-state index contributed by atoms with van der Waals surface area (Å²) < 4.78 is 39.4. The molecule has 0 atom stereocenters. The number of ether oxygens (including phenoxy) is 1. The number of para-hydroxylation sites is 1. The van der Waals surface area contributed by atoms with Crippen molar-refractivity contribution in [2.75, 3.05) is 12.4 Å². The molecule has 4 nitrogen and oxygen atoms in total. The monoisotopic (exact) mass is 267 g/mol. The predicted octanol–water partition coefficient (Wildman–Crippen LogP) is 1.54. The van der Waals surface area contributed by atoms with E-state index in [1.807, 2.05) is 0 Å². The van der Waals surface area contributed by atoms with Gasteiger partial charge in [-0.15, -0.1) is 0 Å². The second-order valence-electron chi connectivity index (χ2n) is 3.12. The molecule has 16 heavy (non-hydrogen) atoms. The molecule has 1 aromatic rings. The lowest BCUT2D eigenvalue weighted by atomic mass is 10.3. The Bertz CT molecular complexity index is 444. The molecule has 0 heterocycles. The van der Waals surface area contributed by atoms with Crippen molar-refractivity contribution in [1.29, 1.82) is 0 Å². The molecule has 0 saturated carbocycles. The average Bonchev–Trinajstić information content (AvgIpc) is 2.14. The highest BCUT2D eigenvalue weighted by Gasteiger charge is 2.08. The molecule has 7 heteroatoms. The van der Waals surface area contributed by atoms with Crippen LogP contribution in [0.3, 0.4) is 0 Å². The third kappa shape index (κ3) is 4.34. The number of rotatable bonds is 5. The van der Waals surface area contributed by atoms with E-state index in [9.17, 15) is 12.8 Å². The normalized spacial score (nSPS) is 11.4. The maximum absolute atomic E-state index is 13.2. The van der Waals surface area contributed by atoms with Gasteiger partial charge in [-0.3, -0.25) is 0 Å². The number of halogens is 2. The van der Waals surface area contributed by atoms with Crippen LogP contribution in [0.4, 0.5) is 4.39 Å². The minimum atomic E-state index is -3.51. The molecule has 0 aromatic heterocycles. The lowest BCUT2D eigenvalue weighted by Gasteiger charge is -2.08. The van der Waals surface area contributed by atoms with Crippen molar-refractivity contribution in [2.24, 2.45) is 5.14 Å². The molecule has 0 saturated heterocycles. The molecule has 1 aromatic carbocycles. The number of benzene rings is 1. The van der Waals surface area contributed by atoms with Gasteiger partial charge in [-0.2, -0.15) is 0 Å². The van der Waals surface area contributed by atoms with Crippen molar-refractivity contribution in [1.82, 2.24) is 0 Å². The van der Waals surface area contributed by atoms with Crippen molar-refractivity contribution in [3.05, 3.63) is 29.0 Å². The van der Waals surface area contributed by atoms with E-state index in [4.69, 9.17) is 21.5 Å². The lowest BCUT2D eigenvalue weighted by Crippen LogP contribution is -2.18. The third-order valence-corrected chi connectivity index (χ3v) is 2.89. The molecule has 2 N–H and O–H groups in total. The summed E-state index contributed by atoms with van der Waals surface area (Å²) in [6.45, 7) is 0.0388. The fraction of sp³-hybridized carbons (Fsp3) is 0.333. The smallest absolute Gasteiger partial charge is 0.209 e. The zero-order valence-electron chi connectivity index (χ0n) is 8.32. The molecular weight excluding hydrogens is 257 g/mol. The molecule has 0 aliphatic rings. The summed E-state index contributed by atoms with van der Waals surface area (Å²) in [6.07, 6.45) is 0.184. The van der Waals surface area contributed by atoms with Crippen LogP contribution in [-0.4, -0.2) is 20.8 Å². The van der Waals surface area contributed by atoms with Gasteiger partial charge in [-0.1, -0.05) is 17.7 Å². The summed E-state index contributed by atoms with van der Waals surface area (Å²) in [6, 6.07) is 4.15. The van der Waals surface area contributed by atoms with E-state index in [1.165, 1.54) is 18.2 Å². The minimum Gasteiger partial charge on any atom is -0.489 e. The predicted molar refractivity (Wildman–Crippen MR) is 59.5 cm³/mol. The second kappa shape index (κ2) is 5.47. The topological polar surface area (TPSA) is 69.4 Å². The highest BCUT2D eigenvalue weighted by molar-refractivity contribution is 7.89. The van der Waals surface area contributed by atoms with E-state index in [-0.39, 0.29) is 29.6 Å². The van der Waals surface area contributed by atoms with Crippen LogP contribution in [0, 0.1) is 5.82 Å². The van der Waals surface area contributed by atoms with Crippen LogP contribution in [0.15, 0.2) is 18.2 Å². The Morgan fingerprint density at radius 1 is 1.44 bits per heavy atom. The summed E-state index contributed by atoms with van der Waals surface area (Å²) in [5.74, 6) is -0.860. The fourth-order valence-corrected chi connectivity index (χ4v) is 1.79. The summed E-state index contributed by atoms with van der Waals surface area (Å²) in [7, 11) is -3.51. The van der Waals surface area contributed by atoms with E-state index in [1.54, 1.807) is 0 Å². The van der Waals surface area contributed by atoms with Crippen molar-refractivity contribution < 1.29 is 17.5 Å². The highest BCUT2D eigenvalue weighted by Crippen LogP contribution is 2.27. The van der Waals surface area contributed by atoms with Gasteiger partial charge in [0.25, 0.3) is 0 Å². The van der Waals surface area contributed by atoms with Gasteiger partial charge in [-0.25, -0.2) is 17.9 Å². The van der Waals surface area contributed by atoms with Crippen LogP contribution in [0.1, 0.15) is 6.42 Å². The van der Waals surface area contributed by atoms with E-state index in [2.05, 4.69) is 0 Å². The molecule has 0 unspecified atom stereocenters. The molecule has 0 radical (unpaired) electrons. The Labute approximate surface area is 98.2 Å². The Balaban J connectivity index is 2.49. The molecule has 0 fully saturated rings. The van der Waals surface area contributed by atoms with Crippen molar-refractivity contribution >= 4 is 21.6 Å². The Morgan fingerprint density at radius 2 is 2.12 bits per heavy atom. The van der Waals surface area contributed by atoms with Crippen molar-refractivity contribution in [2.45, 2.75) is 6.42 Å². The maximum Gasteiger partial charge on any atom is 0.209 e. The average molecular weight is 268 g/mol. The van der Waals surface area contributed by atoms with E-state index in [0.717, 1.165) is 0 Å². The zero-order chi connectivity index (χ0) is 12.2. The molecule has 90 valence electrons. The molecular formula is C9H11ClFNO3S. The molecule has 0 bridgehead atoms. The Kier molecular flexibility index (Phi) is 4.52. The Morgan fingerprint density at radius 3 is 2.69 bits per heavy atom. The minimum absolute atomic E-state index is 0.0388. The van der Waals surface area contributed by atoms with Gasteiger partial charge in [0.1, 0.15) is 0 Å². The summed E-state index contributed by atoms with van der Waals surface area (Å²) in [5, 5.41) is 4.94. The first kappa shape index (κ1) is 13.2. The number of sulfonamides is 1. The summed E-state index contributed by atoms with van der Waals surface area (Å²) in [4.78, 5) is 0. The quantitative estimate of drug-likeness (QED) is 0.823. The first-order valence-corrected chi connectivity index (χ1v) is 6.57. The molecule has 0 aliphatic carbocycles. The van der Waals surface area contributed by atoms with Gasteiger partial charge >= 0.3 is 0 Å². The van der Waals surface area contributed by atoms with Crippen molar-refractivity contribution in [3.63, 3.8) is 0 Å². The molecule has 0 amide bonds. The van der Waals surface area contributed by atoms with Gasteiger partial charge in [0, 0.05) is 0 Å². The SMILES string of the molecule is NS(=O)(=O)CCCOc1c(F)cccc1Cl. The number of primary sulfonamides is 1. The van der Waals surface area contributed by atoms with E-state index in [0.29, 0.717) is 0 Å². The number of hydrogen-bond acceptors (Lipinski definition) is 3. The van der Waals surface area contributed by atoms with Gasteiger partial charge in [0.2, 0.25) is 10.0 Å². The van der Waals surface area contributed by atoms with Crippen molar-refractivity contribution in [3.8, 4) is 5.75 Å². The summed E-state index contributed by atoms with van der Waals surface area (Å²) >= 11 is 5.69. The van der Waals surface area contributed by atoms with Gasteiger partial charge in [-0.05, 0) is 18.6 Å². The molecule has 1 rings (SSSR count).